The highest BCUT2D eigenvalue weighted by Gasteiger charge is 2.23. The molecule has 0 aromatic heterocycles. The number of hydrogen-bond acceptors (Lipinski definition) is 5. The van der Waals surface area contributed by atoms with Crippen molar-refractivity contribution in [2.75, 3.05) is 50.7 Å². The number of nitrogens with one attached hydrogen (secondary N) is 1. The first-order valence-electron chi connectivity index (χ1n) is 10.1. The quantitative estimate of drug-likeness (QED) is 0.649. The molecule has 0 saturated carbocycles. The van der Waals surface area contributed by atoms with Crippen LogP contribution in [0.15, 0.2) is 53.4 Å². The molecule has 1 aliphatic heterocycles. The van der Waals surface area contributed by atoms with Gasteiger partial charge in [-0.25, -0.2) is 8.42 Å². The molecule has 30 heavy (non-hydrogen) atoms. The Morgan fingerprint density at radius 1 is 1.13 bits per heavy atom. The van der Waals surface area contributed by atoms with Gasteiger partial charge >= 0.3 is 0 Å². The topological polar surface area (TPSA) is 79.0 Å². The lowest BCUT2D eigenvalue weighted by Gasteiger charge is -2.26. The third-order valence-corrected chi connectivity index (χ3v) is 7.04. The normalized spacial score (nSPS) is 15.0. The summed E-state index contributed by atoms with van der Waals surface area (Å²) in [5.74, 6) is -0.205. The number of nitrogens with zero attached hydrogens (tertiary/aromatic N) is 2. The second kappa shape index (κ2) is 10.1. The van der Waals surface area contributed by atoms with E-state index in [1.807, 2.05) is 6.92 Å². The first-order valence-corrected chi connectivity index (χ1v) is 11.6. The lowest BCUT2D eigenvalue weighted by Crippen LogP contribution is -2.38. The monoisotopic (exact) mass is 431 g/mol. The molecule has 0 unspecified atom stereocenters. The average molecular weight is 432 g/mol. The van der Waals surface area contributed by atoms with E-state index in [-0.39, 0.29) is 10.8 Å². The van der Waals surface area contributed by atoms with Crippen molar-refractivity contribution in [3.63, 3.8) is 0 Å². The van der Waals surface area contributed by atoms with Gasteiger partial charge < -0.3 is 10.1 Å². The number of aryl methyl sites for hydroxylation is 1. The smallest absolute Gasteiger partial charge is 0.264 e. The molecule has 162 valence electrons. The van der Waals surface area contributed by atoms with Crippen LogP contribution < -0.4 is 9.62 Å². The van der Waals surface area contributed by atoms with E-state index in [0.717, 1.165) is 44.8 Å². The molecular weight excluding hydrogens is 402 g/mol. The Labute approximate surface area is 178 Å². The van der Waals surface area contributed by atoms with Gasteiger partial charge in [0.25, 0.3) is 15.9 Å². The molecule has 7 nitrogen and oxygen atoms in total. The van der Waals surface area contributed by atoms with Crippen LogP contribution in [0.2, 0.25) is 0 Å². The minimum Gasteiger partial charge on any atom is -0.379 e. The molecule has 1 saturated heterocycles. The minimum absolute atomic E-state index is 0.205. The summed E-state index contributed by atoms with van der Waals surface area (Å²) in [5.41, 5.74) is 1.71. The van der Waals surface area contributed by atoms with Gasteiger partial charge in [-0.1, -0.05) is 24.3 Å². The highest BCUT2D eigenvalue weighted by molar-refractivity contribution is 7.92. The molecule has 2 aromatic carbocycles. The Bertz CT molecular complexity index is 958. The third kappa shape index (κ3) is 5.38. The molecule has 0 spiro atoms. The molecule has 8 heteroatoms. The maximum atomic E-state index is 12.9. The van der Waals surface area contributed by atoms with Crippen molar-refractivity contribution in [2.45, 2.75) is 18.2 Å². The van der Waals surface area contributed by atoms with E-state index in [4.69, 9.17) is 4.74 Å². The van der Waals surface area contributed by atoms with E-state index >= 15 is 0 Å². The lowest BCUT2D eigenvalue weighted by molar-refractivity contribution is 0.0374. The summed E-state index contributed by atoms with van der Waals surface area (Å²) in [6.07, 6.45) is 0.854. The van der Waals surface area contributed by atoms with E-state index in [2.05, 4.69) is 10.2 Å². The Kier molecular flexibility index (Phi) is 7.47. The Morgan fingerprint density at radius 2 is 1.83 bits per heavy atom. The summed E-state index contributed by atoms with van der Waals surface area (Å²) >= 11 is 0. The first-order chi connectivity index (χ1) is 14.4. The standard InChI is InChI=1S/C22H29N3O4S/c1-18-9-10-19(22(26)23-11-6-12-25-13-15-29-16-14-25)17-21(18)24(2)30(27,28)20-7-4-3-5-8-20/h3-5,7-10,17H,6,11-16H2,1-2H3,(H,23,26). The number of carbonyl (C=O) groups is 1. The van der Waals surface area contributed by atoms with Crippen molar-refractivity contribution in [3.05, 3.63) is 59.7 Å². The zero-order valence-electron chi connectivity index (χ0n) is 17.5. The largest absolute Gasteiger partial charge is 0.379 e. The van der Waals surface area contributed by atoms with Crippen molar-refractivity contribution in [2.24, 2.45) is 0 Å². The number of benzene rings is 2. The van der Waals surface area contributed by atoms with Crippen LogP contribution in [0.4, 0.5) is 5.69 Å². The molecule has 0 bridgehead atoms. The highest BCUT2D eigenvalue weighted by Crippen LogP contribution is 2.26. The van der Waals surface area contributed by atoms with Crippen LogP contribution in [0, 0.1) is 6.92 Å². The molecule has 0 aliphatic carbocycles. The van der Waals surface area contributed by atoms with Crippen LogP contribution >= 0.6 is 0 Å². The Balaban J connectivity index is 1.64. The van der Waals surface area contributed by atoms with E-state index in [1.165, 1.54) is 11.4 Å². The van der Waals surface area contributed by atoms with Crippen molar-refractivity contribution in [3.8, 4) is 0 Å². The maximum Gasteiger partial charge on any atom is 0.264 e. The lowest BCUT2D eigenvalue weighted by atomic mass is 10.1. The molecule has 1 amide bonds. The third-order valence-electron chi connectivity index (χ3n) is 5.25. The van der Waals surface area contributed by atoms with Gasteiger partial charge in [-0.2, -0.15) is 0 Å². The van der Waals surface area contributed by atoms with Crippen molar-refractivity contribution < 1.29 is 17.9 Å². The van der Waals surface area contributed by atoms with E-state index < -0.39 is 10.0 Å². The van der Waals surface area contributed by atoms with Crippen LogP contribution in [0.5, 0.6) is 0 Å². The van der Waals surface area contributed by atoms with Gasteiger partial charge in [0, 0.05) is 32.2 Å². The summed E-state index contributed by atoms with van der Waals surface area (Å²) in [6, 6.07) is 13.4. The predicted octanol–water partition coefficient (Wildman–Crippen LogP) is 2.27. The van der Waals surface area contributed by atoms with Crippen LogP contribution in [0.1, 0.15) is 22.3 Å². The zero-order chi connectivity index (χ0) is 21.6. The number of anilines is 1. The SMILES string of the molecule is Cc1ccc(C(=O)NCCCN2CCOCC2)cc1N(C)S(=O)(=O)c1ccccc1. The molecular formula is C22H29N3O4S. The number of carbonyl (C=O) groups excluding carboxylic acids is 1. The molecule has 0 radical (unpaired) electrons. The number of ether oxygens (including phenoxy) is 1. The Hall–Kier alpha value is -2.42. The van der Waals surface area contributed by atoms with Gasteiger partial charge in [0.05, 0.1) is 23.8 Å². The Morgan fingerprint density at radius 3 is 2.53 bits per heavy atom. The average Bonchev–Trinajstić information content (AvgIpc) is 2.77. The summed E-state index contributed by atoms with van der Waals surface area (Å²) in [5, 5.41) is 2.93. The fourth-order valence-electron chi connectivity index (χ4n) is 3.40. The van der Waals surface area contributed by atoms with Crippen LogP contribution in [-0.2, 0) is 14.8 Å². The van der Waals surface area contributed by atoms with Gasteiger partial charge in [-0.05, 0) is 49.7 Å². The van der Waals surface area contributed by atoms with Crippen molar-refractivity contribution >= 4 is 21.6 Å². The summed E-state index contributed by atoms with van der Waals surface area (Å²) in [4.78, 5) is 15.1. The molecule has 1 heterocycles. The van der Waals surface area contributed by atoms with E-state index in [9.17, 15) is 13.2 Å². The van der Waals surface area contributed by atoms with Gasteiger partial charge in [-0.15, -0.1) is 0 Å². The van der Waals surface area contributed by atoms with Crippen molar-refractivity contribution in [1.29, 1.82) is 0 Å². The number of amides is 1. The van der Waals surface area contributed by atoms with Crippen LogP contribution in [-0.4, -0.2) is 65.7 Å². The van der Waals surface area contributed by atoms with Crippen LogP contribution in [0.3, 0.4) is 0 Å². The van der Waals surface area contributed by atoms with E-state index in [0.29, 0.717) is 17.8 Å². The molecule has 2 aromatic rings. The minimum atomic E-state index is -3.70. The number of morpholine rings is 1. The number of rotatable bonds is 8. The molecule has 3 rings (SSSR count). The van der Waals surface area contributed by atoms with Gasteiger partial charge in [0.2, 0.25) is 0 Å². The summed E-state index contributed by atoms with van der Waals surface area (Å²) in [6.45, 7) is 6.69. The highest BCUT2D eigenvalue weighted by atomic mass is 32.2. The molecule has 1 fully saturated rings. The predicted molar refractivity (Wildman–Crippen MR) is 117 cm³/mol. The maximum absolute atomic E-state index is 12.9. The van der Waals surface area contributed by atoms with Gasteiger partial charge in [0.15, 0.2) is 0 Å². The summed E-state index contributed by atoms with van der Waals surface area (Å²) < 4.78 is 32.4. The molecule has 0 atom stereocenters. The van der Waals surface area contributed by atoms with Crippen molar-refractivity contribution in [1.82, 2.24) is 10.2 Å². The molecule has 1 N–H and O–H groups in total. The first kappa shape index (κ1) is 22.3. The summed E-state index contributed by atoms with van der Waals surface area (Å²) in [7, 11) is -2.20. The fraction of sp³-hybridized carbons (Fsp3) is 0.409. The van der Waals surface area contributed by atoms with Crippen LogP contribution in [0.25, 0.3) is 0 Å². The number of sulfonamides is 1. The molecule has 1 aliphatic rings. The second-order valence-corrected chi connectivity index (χ2v) is 9.32. The van der Waals surface area contributed by atoms with E-state index in [1.54, 1.807) is 48.5 Å². The number of hydrogen-bond donors (Lipinski definition) is 1. The zero-order valence-corrected chi connectivity index (χ0v) is 18.3. The van der Waals surface area contributed by atoms with Gasteiger partial charge in [-0.3, -0.25) is 14.0 Å². The van der Waals surface area contributed by atoms with Gasteiger partial charge in [0.1, 0.15) is 0 Å². The second-order valence-electron chi connectivity index (χ2n) is 7.35. The fourth-order valence-corrected chi connectivity index (χ4v) is 4.67.